The van der Waals surface area contributed by atoms with E-state index < -0.39 is 11.7 Å². The number of hydrogen-bond donors (Lipinski definition) is 1. The van der Waals surface area contributed by atoms with Gasteiger partial charge in [-0.25, -0.2) is 4.39 Å². The van der Waals surface area contributed by atoms with Crippen molar-refractivity contribution in [2.24, 2.45) is 0 Å². The summed E-state index contributed by atoms with van der Waals surface area (Å²) in [4.78, 5) is 25.6. The first kappa shape index (κ1) is 16.9. The lowest BCUT2D eigenvalue weighted by molar-refractivity contribution is -0.130. The number of halogens is 2. The molecule has 0 aromatic heterocycles. The van der Waals surface area contributed by atoms with Crippen LogP contribution < -0.4 is 5.32 Å². The molecule has 4 nitrogen and oxygen atoms in total. The van der Waals surface area contributed by atoms with Crippen LogP contribution in [-0.4, -0.2) is 36.3 Å². The molecule has 0 spiro atoms. The molecule has 1 saturated heterocycles. The van der Waals surface area contributed by atoms with Gasteiger partial charge in [-0.1, -0.05) is 22.4 Å². The van der Waals surface area contributed by atoms with E-state index in [0.717, 1.165) is 25.8 Å². The van der Waals surface area contributed by atoms with Gasteiger partial charge >= 0.3 is 0 Å². The van der Waals surface area contributed by atoms with Gasteiger partial charge < -0.3 is 10.2 Å². The van der Waals surface area contributed by atoms with Crippen LogP contribution in [0.2, 0.25) is 0 Å². The molecule has 1 aromatic rings. The average molecular weight is 371 g/mol. The third kappa shape index (κ3) is 4.80. The van der Waals surface area contributed by atoms with Crippen molar-refractivity contribution < 1.29 is 14.0 Å². The maximum absolute atomic E-state index is 13.7. The lowest BCUT2D eigenvalue weighted by atomic mass is 10.2. The Bertz CT molecular complexity index is 551. The highest BCUT2D eigenvalue weighted by atomic mass is 79.9. The van der Waals surface area contributed by atoms with Gasteiger partial charge in [0.15, 0.2) is 0 Å². The Morgan fingerprint density at radius 1 is 1.32 bits per heavy atom. The Kier molecular flexibility index (Phi) is 6.36. The fourth-order valence-corrected chi connectivity index (χ4v) is 2.85. The third-order valence-electron chi connectivity index (χ3n) is 3.74. The quantitative estimate of drug-likeness (QED) is 0.809. The highest BCUT2D eigenvalue weighted by molar-refractivity contribution is 9.10. The van der Waals surface area contributed by atoms with Gasteiger partial charge in [-0.05, 0) is 37.5 Å². The lowest BCUT2D eigenvalue weighted by Crippen LogP contribution is -2.34. The van der Waals surface area contributed by atoms with Gasteiger partial charge in [0.2, 0.25) is 5.91 Å². The number of likely N-dealkylation sites (tertiary alicyclic amines) is 1. The number of carbonyl (C=O) groups excluding carboxylic acids is 2. The van der Waals surface area contributed by atoms with E-state index in [1.54, 1.807) is 6.07 Å². The second-order valence-corrected chi connectivity index (χ2v) is 6.34. The van der Waals surface area contributed by atoms with Crippen LogP contribution in [0.25, 0.3) is 0 Å². The molecule has 2 amide bonds. The summed E-state index contributed by atoms with van der Waals surface area (Å²) in [6, 6.07) is 4.35. The number of carbonyl (C=O) groups is 2. The predicted molar refractivity (Wildman–Crippen MR) is 86.1 cm³/mol. The summed E-state index contributed by atoms with van der Waals surface area (Å²) >= 11 is 3.16. The second kappa shape index (κ2) is 8.27. The van der Waals surface area contributed by atoms with Gasteiger partial charge in [-0.15, -0.1) is 0 Å². The molecule has 0 saturated carbocycles. The summed E-state index contributed by atoms with van der Waals surface area (Å²) in [5, 5.41) is 2.70. The standard InChI is InChI=1S/C16H20BrFN2O2/c17-12-6-7-13(14(18)11-12)16(22)19-8-4-10-20-9-3-1-2-5-15(20)21/h6-7,11H,1-5,8-10H2,(H,19,22). The SMILES string of the molecule is O=C(NCCCN1CCCCCC1=O)c1ccc(Br)cc1F. The molecule has 1 aliphatic heterocycles. The van der Waals surface area contributed by atoms with Gasteiger partial charge in [0.05, 0.1) is 5.56 Å². The molecule has 22 heavy (non-hydrogen) atoms. The summed E-state index contributed by atoms with van der Waals surface area (Å²) in [7, 11) is 0. The predicted octanol–water partition coefficient (Wildman–Crippen LogP) is 3.11. The molecule has 6 heteroatoms. The Labute approximate surface area is 138 Å². The summed E-state index contributed by atoms with van der Waals surface area (Å²) < 4.78 is 14.3. The minimum Gasteiger partial charge on any atom is -0.352 e. The molecule has 1 N–H and O–H groups in total. The third-order valence-corrected chi connectivity index (χ3v) is 4.23. The molecule has 1 fully saturated rings. The number of rotatable bonds is 5. The Balaban J connectivity index is 1.76. The Morgan fingerprint density at radius 3 is 2.91 bits per heavy atom. The number of nitrogens with zero attached hydrogens (tertiary/aromatic N) is 1. The van der Waals surface area contributed by atoms with Crippen LogP contribution in [0.5, 0.6) is 0 Å². The van der Waals surface area contributed by atoms with E-state index in [0.29, 0.717) is 30.4 Å². The molecule has 0 atom stereocenters. The van der Waals surface area contributed by atoms with Crippen LogP contribution in [0.15, 0.2) is 22.7 Å². The van der Waals surface area contributed by atoms with Crippen molar-refractivity contribution in [3.05, 3.63) is 34.1 Å². The first-order chi connectivity index (χ1) is 10.6. The lowest BCUT2D eigenvalue weighted by Gasteiger charge is -2.20. The molecular formula is C16H20BrFN2O2. The maximum Gasteiger partial charge on any atom is 0.254 e. The summed E-state index contributed by atoms with van der Waals surface area (Å²) in [6.07, 6.45) is 4.41. The highest BCUT2D eigenvalue weighted by Crippen LogP contribution is 2.15. The first-order valence-corrected chi connectivity index (χ1v) is 8.38. The van der Waals surface area contributed by atoms with Gasteiger partial charge in [0, 0.05) is 30.5 Å². The van der Waals surface area contributed by atoms with Gasteiger partial charge in [0.1, 0.15) is 5.82 Å². The fourth-order valence-electron chi connectivity index (χ4n) is 2.52. The number of nitrogens with one attached hydrogen (secondary N) is 1. The number of hydrogen-bond acceptors (Lipinski definition) is 2. The molecule has 2 rings (SSSR count). The van der Waals surface area contributed by atoms with E-state index in [1.807, 2.05) is 4.90 Å². The van der Waals surface area contributed by atoms with E-state index in [9.17, 15) is 14.0 Å². The fraction of sp³-hybridized carbons (Fsp3) is 0.500. The topological polar surface area (TPSA) is 49.4 Å². The monoisotopic (exact) mass is 370 g/mol. The van der Waals surface area contributed by atoms with Crippen molar-refractivity contribution >= 4 is 27.7 Å². The van der Waals surface area contributed by atoms with Crippen molar-refractivity contribution in [2.75, 3.05) is 19.6 Å². The van der Waals surface area contributed by atoms with Crippen molar-refractivity contribution in [2.45, 2.75) is 32.1 Å². The first-order valence-electron chi connectivity index (χ1n) is 7.59. The van der Waals surface area contributed by atoms with Crippen LogP contribution in [0.4, 0.5) is 4.39 Å². The normalized spacial score (nSPS) is 15.5. The van der Waals surface area contributed by atoms with Crippen molar-refractivity contribution in [1.82, 2.24) is 10.2 Å². The van der Waals surface area contributed by atoms with E-state index in [4.69, 9.17) is 0 Å². The summed E-state index contributed by atoms with van der Waals surface area (Å²) in [6.45, 7) is 1.87. The van der Waals surface area contributed by atoms with Gasteiger partial charge in [0.25, 0.3) is 5.91 Å². The minimum absolute atomic E-state index is 0.0362. The summed E-state index contributed by atoms with van der Waals surface area (Å²) in [5.41, 5.74) is 0.0362. The largest absolute Gasteiger partial charge is 0.352 e. The Hall–Kier alpha value is -1.43. The van der Waals surface area contributed by atoms with Crippen LogP contribution >= 0.6 is 15.9 Å². The van der Waals surface area contributed by atoms with E-state index >= 15 is 0 Å². The van der Waals surface area contributed by atoms with Crippen LogP contribution in [0.3, 0.4) is 0 Å². The van der Waals surface area contributed by atoms with E-state index in [-0.39, 0.29) is 11.5 Å². The zero-order valence-corrected chi connectivity index (χ0v) is 14.0. The molecule has 0 bridgehead atoms. The van der Waals surface area contributed by atoms with Crippen molar-refractivity contribution in [1.29, 1.82) is 0 Å². The van der Waals surface area contributed by atoms with Gasteiger partial charge in [-0.2, -0.15) is 0 Å². The van der Waals surface area contributed by atoms with Gasteiger partial charge in [-0.3, -0.25) is 9.59 Å². The van der Waals surface area contributed by atoms with Crippen LogP contribution in [0.1, 0.15) is 42.5 Å². The highest BCUT2D eigenvalue weighted by Gasteiger charge is 2.16. The maximum atomic E-state index is 13.7. The molecule has 120 valence electrons. The number of amides is 2. The van der Waals surface area contributed by atoms with Crippen LogP contribution in [0, 0.1) is 5.82 Å². The van der Waals surface area contributed by atoms with Crippen molar-refractivity contribution in [3.63, 3.8) is 0 Å². The Morgan fingerprint density at radius 2 is 2.14 bits per heavy atom. The van der Waals surface area contributed by atoms with Crippen molar-refractivity contribution in [3.8, 4) is 0 Å². The zero-order valence-electron chi connectivity index (χ0n) is 12.4. The molecule has 0 unspecified atom stereocenters. The smallest absolute Gasteiger partial charge is 0.254 e. The molecule has 1 aliphatic rings. The molecule has 0 radical (unpaired) electrons. The zero-order chi connectivity index (χ0) is 15.9. The molecular weight excluding hydrogens is 351 g/mol. The summed E-state index contributed by atoms with van der Waals surface area (Å²) in [5.74, 6) is -0.774. The van der Waals surface area contributed by atoms with Crippen LogP contribution in [-0.2, 0) is 4.79 Å². The molecule has 1 heterocycles. The second-order valence-electron chi connectivity index (χ2n) is 5.43. The van der Waals surface area contributed by atoms with E-state index in [1.165, 1.54) is 12.1 Å². The average Bonchev–Trinajstić information content (AvgIpc) is 2.68. The molecule has 0 aliphatic carbocycles. The minimum atomic E-state index is -0.547. The number of benzene rings is 1. The molecule has 1 aromatic carbocycles. The van der Waals surface area contributed by atoms with E-state index in [2.05, 4.69) is 21.2 Å².